The SMILES string of the molecule is O=C(/C=C/c1c(F)cccc1Cl)NNC(=O)c1cc(Br)c[nH]1. The first kappa shape index (κ1) is 16.3. The van der Waals surface area contributed by atoms with Crippen LogP contribution in [0.3, 0.4) is 0 Å². The van der Waals surface area contributed by atoms with Gasteiger partial charge < -0.3 is 4.98 Å². The van der Waals surface area contributed by atoms with Crippen LogP contribution in [-0.4, -0.2) is 16.8 Å². The molecule has 2 rings (SSSR count). The topological polar surface area (TPSA) is 74.0 Å². The summed E-state index contributed by atoms with van der Waals surface area (Å²) in [6.45, 7) is 0. The van der Waals surface area contributed by atoms with E-state index in [0.717, 1.165) is 6.08 Å². The van der Waals surface area contributed by atoms with E-state index >= 15 is 0 Å². The van der Waals surface area contributed by atoms with Gasteiger partial charge in [0.1, 0.15) is 11.5 Å². The maximum absolute atomic E-state index is 13.5. The van der Waals surface area contributed by atoms with Crippen molar-refractivity contribution in [2.75, 3.05) is 0 Å². The summed E-state index contributed by atoms with van der Waals surface area (Å²) in [5.41, 5.74) is 4.75. The molecular weight excluding hydrogens is 377 g/mol. The molecule has 3 N–H and O–H groups in total. The van der Waals surface area contributed by atoms with Gasteiger partial charge in [-0.05, 0) is 40.2 Å². The quantitative estimate of drug-likeness (QED) is 0.560. The second-order valence-electron chi connectivity index (χ2n) is 4.14. The molecule has 0 saturated heterocycles. The highest BCUT2D eigenvalue weighted by molar-refractivity contribution is 9.10. The number of nitrogens with one attached hydrogen (secondary N) is 3. The summed E-state index contributed by atoms with van der Waals surface area (Å²) in [6.07, 6.45) is 3.87. The molecule has 1 heterocycles. The van der Waals surface area contributed by atoms with Gasteiger partial charge in [0.15, 0.2) is 0 Å². The fourth-order valence-electron chi connectivity index (χ4n) is 1.56. The minimum Gasteiger partial charge on any atom is -0.356 e. The van der Waals surface area contributed by atoms with Crippen LogP contribution >= 0.6 is 27.5 Å². The van der Waals surface area contributed by atoms with Gasteiger partial charge in [-0.1, -0.05) is 17.7 Å². The number of hydrogen-bond donors (Lipinski definition) is 3. The van der Waals surface area contributed by atoms with Gasteiger partial charge in [0.2, 0.25) is 0 Å². The Hall–Kier alpha value is -2.12. The average molecular weight is 387 g/mol. The van der Waals surface area contributed by atoms with Gasteiger partial charge in [-0.3, -0.25) is 20.4 Å². The molecule has 0 unspecified atom stereocenters. The Morgan fingerprint density at radius 1 is 1.32 bits per heavy atom. The fraction of sp³-hybridized carbons (Fsp3) is 0. The van der Waals surface area contributed by atoms with Crippen LogP contribution in [0.15, 0.2) is 41.0 Å². The molecule has 0 spiro atoms. The van der Waals surface area contributed by atoms with Crippen molar-refractivity contribution in [1.29, 1.82) is 0 Å². The van der Waals surface area contributed by atoms with Crippen LogP contribution in [0.25, 0.3) is 6.08 Å². The van der Waals surface area contributed by atoms with Crippen LogP contribution in [0.5, 0.6) is 0 Å². The van der Waals surface area contributed by atoms with Gasteiger partial charge >= 0.3 is 0 Å². The second kappa shape index (κ2) is 7.24. The molecule has 0 saturated carbocycles. The summed E-state index contributed by atoms with van der Waals surface area (Å²) < 4.78 is 14.2. The molecule has 1 aromatic heterocycles. The number of amides is 2. The van der Waals surface area contributed by atoms with Crippen molar-refractivity contribution < 1.29 is 14.0 Å². The summed E-state index contributed by atoms with van der Waals surface area (Å²) in [5.74, 6) is -1.69. The van der Waals surface area contributed by atoms with Gasteiger partial charge in [0.05, 0.1) is 5.02 Å². The number of carbonyl (C=O) groups is 2. The van der Waals surface area contributed by atoms with Gasteiger partial charge in [0.25, 0.3) is 11.8 Å². The molecule has 0 bridgehead atoms. The lowest BCUT2D eigenvalue weighted by atomic mass is 10.2. The zero-order chi connectivity index (χ0) is 16.1. The number of carbonyl (C=O) groups excluding carboxylic acids is 2. The summed E-state index contributed by atoms with van der Waals surface area (Å²) in [6, 6.07) is 5.75. The van der Waals surface area contributed by atoms with Crippen molar-refractivity contribution in [2.45, 2.75) is 0 Å². The molecule has 0 aliphatic heterocycles. The number of hydrogen-bond acceptors (Lipinski definition) is 2. The molecule has 0 radical (unpaired) electrons. The van der Waals surface area contributed by atoms with Gasteiger partial charge in [-0.2, -0.15) is 0 Å². The minimum atomic E-state index is -0.627. The van der Waals surface area contributed by atoms with Crippen molar-refractivity contribution in [1.82, 2.24) is 15.8 Å². The van der Waals surface area contributed by atoms with Gasteiger partial charge in [0, 0.05) is 22.3 Å². The lowest BCUT2D eigenvalue weighted by Gasteiger charge is -2.04. The highest BCUT2D eigenvalue weighted by Crippen LogP contribution is 2.20. The van der Waals surface area contributed by atoms with Crippen molar-refractivity contribution >= 4 is 45.4 Å². The van der Waals surface area contributed by atoms with Crippen LogP contribution < -0.4 is 10.9 Å². The van der Waals surface area contributed by atoms with E-state index < -0.39 is 17.6 Å². The van der Waals surface area contributed by atoms with E-state index in [4.69, 9.17) is 11.6 Å². The van der Waals surface area contributed by atoms with E-state index in [-0.39, 0.29) is 16.3 Å². The monoisotopic (exact) mass is 385 g/mol. The highest BCUT2D eigenvalue weighted by Gasteiger charge is 2.08. The standard InChI is InChI=1S/C14H10BrClFN3O2/c15-8-6-12(18-7-8)14(22)20-19-13(21)5-4-9-10(16)2-1-3-11(9)17/h1-7,18H,(H,19,21)(H,20,22)/b5-4+. The average Bonchev–Trinajstić information content (AvgIpc) is 2.91. The molecule has 2 aromatic rings. The summed E-state index contributed by atoms with van der Waals surface area (Å²) >= 11 is 9.01. The Morgan fingerprint density at radius 3 is 2.73 bits per heavy atom. The lowest BCUT2D eigenvalue weighted by Crippen LogP contribution is -2.40. The highest BCUT2D eigenvalue weighted by atomic mass is 79.9. The van der Waals surface area contributed by atoms with Crippen molar-refractivity contribution in [3.8, 4) is 0 Å². The van der Waals surface area contributed by atoms with Crippen LogP contribution in [0, 0.1) is 5.82 Å². The van der Waals surface area contributed by atoms with Crippen LogP contribution in [0.4, 0.5) is 4.39 Å². The first-order valence-corrected chi connectivity index (χ1v) is 7.21. The molecule has 1 aromatic carbocycles. The predicted octanol–water partition coefficient (Wildman–Crippen LogP) is 3.04. The smallest absolute Gasteiger partial charge is 0.286 e. The summed E-state index contributed by atoms with van der Waals surface area (Å²) in [5, 5.41) is 0.185. The number of aromatic nitrogens is 1. The minimum absolute atomic E-state index is 0.0962. The van der Waals surface area contributed by atoms with Gasteiger partial charge in [-0.15, -0.1) is 0 Å². The maximum Gasteiger partial charge on any atom is 0.286 e. The lowest BCUT2D eigenvalue weighted by molar-refractivity contribution is -0.117. The third-order valence-corrected chi connectivity index (χ3v) is 3.38. The molecule has 2 amide bonds. The molecule has 0 aliphatic carbocycles. The number of hydrazine groups is 1. The molecular formula is C14H10BrClFN3O2. The number of rotatable bonds is 3. The largest absolute Gasteiger partial charge is 0.356 e. The zero-order valence-corrected chi connectivity index (χ0v) is 13.3. The zero-order valence-electron chi connectivity index (χ0n) is 11.0. The number of halogens is 3. The van der Waals surface area contributed by atoms with Crippen LogP contribution in [0.2, 0.25) is 5.02 Å². The third kappa shape index (κ3) is 4.19. The molecule has 0 atom stereocenters. The van der Waals surface area contributed by atoms with Crippen molar-refractivity contribution in [2.24, 2.45) is 0 Å². The molecule has 8 heteroatoms. The molecule has 22 heavy (non-hydrogen) atoms. The Morgan fingerprint density at radius 2 is 2.09 bits per heavy atom. The predicted molar refractivity (Wildman–Crippen MR) is 84.5 cm³/mol. The van der Waals surface area contributed by atoms with Crippen LogP contribution in [0.1, 0.15) is 16.1 Å². The van der Waals surface area contributed by atoms with E-state index in [2.05, 4.69) is 31.8 Å². The van der Waals surface area contributed by atoms with E-state index in [0.29, 0.717) is 4.47 Å². The van der Waals surface area contributed by atoms with Crippen LogP contribution in [-0.2, 0) is 4.79 Å². The first-order chi connectivity index (χ1) is 10.5. The second-order valence-corrected chi connectivity index (χ2v) is 5.47. The molecule has 0 fully saturated rings. The Kier molecular flexibility index (Phi) is 5.35. The fourth-order valence-corrected chi connectivity index (χ4v) is 2.12. The normalized spacial score (nSPS) is 10.7. The van der Waals surface area contributed by atoms with E-state index in [1.54, 1.807) is 12.3 Å². The van der Waals surface area contributed by atoms with Crippen molar-refractivity contribution in [3.63, 3.8) is 0 Å². The Labute approximate surface area is 138 Å². The van der Waals surface area contributed by atoms with E-state index in [9.17, 15) is 14.0 Å². The summed E-state index contributed by atoms with van der Waals surface area (Å²) in [4.78, 5) is 26.0. The molecule has 0 aliphatic rings. The maximum atomic E-state index is 13.5. The number of aromatic amines is 1. The number of H-pyrrole nitrogens is 1. The van der Waals surface area contributed by atoms with E-state index in [1.165, 1.54) is 24.3 Å². The molecule has 5 nitrogen and oxygen atoms in total. The first-order valence-electron chi connectivity index (χ1n) is 6.03. The Balaban J connectivity index is 1.93. The summed E-state index contributed by atoms with van der Waals surface area (Å²) in [7, 11) is 0. The van der Waals surface area contributed by atoms with Crippen molar-refractivity contribution in [3.05, 3.63) is 63.1 Å². The number of benzene rings is 1. The Bertz CT molecular complexity index is 725. The van der Waals surface area contributed by atoms with E-state index in [1.807, 2.05) is 0 Å². The molecule has 114 valence electrons. The third-order valence-electron chi connectivity index (χ3n) is 2.59. The van der Waals surface area contributed by atoms with Gasteiger partial charge in [-0.25, -0.2) is 4.39 Å².